The number of hydrogen-bond donors (Lipinski definition) is 0. The number of hydrogen-bond acceptors (Lipinski definition) is 3. The smallest absolute Gasteiger partial charge is 0.254 e. The summed E-state index contributed by atoms with van der Waals surface area (Å²) < 4.78 is 11.4. The lowest BCUT2D eigenvalue weighted by atomic mass is 10.0. The molecular formula is C15H18ClNO3. The first-order valence-electron chi connectivity index (χ1n) is 6.93. The molecule has 108 valence electrons. The van der Waals surface area contributed by atoms with Crippen molar-refractivity contribution >= 4 is 17.5 Å². The Morgan fingerprint density at radius 3 is 2.85 bits per heavy atom. The van der Waals surface area contributed by atoms with Gasteiger partial charge in [-0.15, -0.1) is 0 Å². The third-order valence-corrected chi connectivity index (χ3v) is 4.18. The molecule has 0 aliphatic carbocycles. The average Bonchev–Trinajstić information content (AvgIpc) is 2.88. The van der Waals surface area contributed by atoms with E-state index in [1.54, 1.807) is 12.1 Å². The highest BCUT2D eigenvalue weighted by Gasteiger charge is 2.42. The zero-order valence-electron chi connectivity index (χ0n) is 11.5. The average molecular weight is 296 g/mol. The van der Waals surface area contributed by atoms with Crippen LogP contribution in [0.5, 0.6) is 0 Å². The van der Waals surface area contributed by atoms with Crippen molar-refractivity contribution in [2.45, 2.75) is 25.6 Å². The van der Waals surface area contributed by atoms with Crippen molar-refractivity contribution in [3.63, 3.8) is 0 Å². The van der Waals surface area contributed by atoms with Crippen molar-refractivity contribution in [3.8, 4) is 0 Å². The van der Waals surface area contributed by atoms with Gasteiger partial charge in [0.05, 0.1) is 19.8 Å². The summed E-state index contributed by atoms with van der Waals surface area (Å²) in [6, 6.07) is 5.41. The van der Waals surface area contributed by atoms with Crippen LogP contribution in [0.2, 0.25) is 5.02 Å². The van der Waals surface area contributed by atoms with Gasteiger partial charge in [-0.2, -0.15) is 0 Å². The van der Waals surface area contributed by atoms with Crippen LogP contribution in [0, 0.1) is 6.92 Å². The van der Waals surface area contributed by atoms with E-state index in [2.05, 4.69) is 0 Å². The molecule has 0 aromatic heterocycles. The largest absolute Gasteiger partial charge is 0.346 e. The number of piperidine rings is 1. The molecule has 5 heteroatoms. The van der Waals surface area contributed by atoms with Gasteiger partial charge in [0.1, 0.15) is 0 Å². The SMILES string of the molecule is Cc1ccc(Cl)cc1C(=O)N1CCCC2(C1)OCCO2. The second-order valence-electron chi connectivity index (χ2n) is 5.40. The summed E-state index contributed by atoms with van der Waals surface area (Å²) in [5.74, 6) is -0.580. The van der Waals surface area contributed by atoms with Crippen LogP contribution in [0.3, 0.4) is 0 Å². The van der Waals surface area contributed by atoms with Gasteiger partial charge in [-0.1, -0.05) is 17.7 Å². The quantitative estimate of drug-likeness (QED) is 0.799. The van der Waals surface area contributed by atoms with Gasteiger partial charge in [0.15, 0.2) is 5.79 Å². The Morgan fingerprint density at radius 1 is 1.35 bits per heavy atom. The van der Waals surface area contributed by atoms with E-state index in [0.717, 1.165) is 24.9 Å². The minimum atomic E-state index is -0.583. The van der Waals surface area contributed by atoms with E-state index in [0.29, 0.717) is 30.3 Å². The molecule has 2 aliphatic heterocycles. The van der Waals surface area contributed by atoms with Crippen LogP contribution >= 0.6 is 11.6 Å². The van der Waals surface area contributed by atoms with Gasteiger partial charge >= 0.3 is 0 Å². The molecule has 0 bridgehead atoms. The molecule has 0 radical (unpaired) electrons. The lowest BCUT2D eigenvalue weighted by Gasteiger charge is -2.38. The highest BCUT2D eigenvalue weighted by atomic mass is 35.5. The molecule has 2 saturated heterocycles. The summed E-state index contributed by atoms with van der Waals surface area (Å²) in [6.45, 7) is 4.37. The number of ether oxygens (including phenoxy) is 2. The van der Waals surface area contributed by atoms with E-state index in [4.69, 9.17) is 21.1 Å². The number of amides is 1. The Hall–Kier alpha value is -1.10. The monoisotopic (exact) mass is 295 g/mol. The molecule has 2 fully saturated rings. The second kappa shape index (κ2) is 5.35. The van der Waals surface area contributed by atoms with E-state index < -0.39 is 5.79 Å². The van der Waals surface area contributed by atoms with E-state index >= 15 is 0 Å². The maximum atomic E-state index is 12.7. The summed E-state index contributed by atoms with van der Waals surface area (Å²) >= 11 is 6.00. The maximum absolute atomic E-state index is 12.7. The predicted molar refractivity (Wildman–Crippen MR) is 76.0 cm³/mol. The van der Waals surface area contributed by atoms with Crippen LogP contribution in [0.4, 0.5) is 0 Å². The summed E-state index contributed by atoms with van der Waals surface area (Å²) in [7, 11) is 0. The fraction of sp³-hybridized carbons (Fsp3) is 0.533. The van der Waals surface area contributed by atoms with Crippen molar-refractivity contribution in [1.29, 1.82) is 0 Å². The fourth-order valence-corrected chi connectivity index (χ4v) is 3.06. The predicted octanol–water partition coefficient (Wildman–Crippen LogP) is 2.63. The van der Waals surface area contributed by atoms with Crippen molar-refractivity contribution in [2.24, 2.45) is 0 Å². The van der Waals surface area contributed by atoms with Gasteiger partial charge in [-0.05, 0) is 31.0 Å². The summed E-state index contributed by atoms with van der Waals surface area (Å²) in [5, 5.41) is 0.582. The van der Waals surface area contributed by atoms with Crippen LogP contribution < -0.4 is 0 Å². The Kier molecular flexibility index (Phi) is 3.71. The Morgan fingerprint density at radius 2 is 2.10 bits per heavy atom. The lowest BCUT2D eigenvalue weighted by Crippen LogP contribution is -2.51. The van der Waals surface area contributed by atoms with Crippen molar-refractivity contribution in [3.05, 3.63) is 34.3 Å². The molecule has 1 aromatic rings. The normalized spacial score (nSPS) is 21.4. The first-order valence-corrected chi connectivity index (χ1v) is 7.31. The van der Waals surface area contributed by atoms with Crippen molar-refractivity contribution in [2.75, 3.05) is 26.3 Å². The van der Waals surface area contributed by atoms with Gasteiger partial charge in [-0.25, -0.2) is 0 Å². The van der Waals surface area contributed by atoms with E-state index in [1.807, 2.05) is 17.9 Å². The Labute approximate surface area is 123 Å². The summed E-state index contributed by atoms with van der Waals surface area (Å²) in [6.07, 6.45) is 1.75. The van der Waals surface area contributed by atoms with Crippen LogP contribution in [0.1, 0.15) is 28.8 Å². The number of carbonyl (C=O) groups is 1. The molecule has 0 atom stereocenters. The Balaban J connectivity index is 1.81. The van der Waals surface area contributed by atoms with Crippen LogP contribution in [0.25, 0.3) is 0 Å². The topological polar surface area (TPSA) is 38.8 Å². The molecule has 2 heterocycles. The number of halogens is 1. The van der Waals surface area contributed by atoms with E-state index in [1.165, 1.54) is 0 Å². The molecule has 0 saturated carbocycles. The van der Waals surface area contributed by atoms with Gasteiger partial charge in [0.25, 0.3) is 5.91 Å². The molecular weight excluding hydrogens is 278 g/mol. The molecule has 1 aromatic carbocycles. The Bertz CT molecular complexity index is 526. The van der Waals surface area contributed by atoms with E-state index in [-0.39, 0.29) is 5.91 Å². The minimum Gasteiger partial charge on any atom is -0.346 e. The molecule has 4 nitrogen and oxygen atoms in total. The second-order valence-corrected chi connectivity index (χ2v) is 5.83. The number of nitrogens with zero attached hydrogens (tertiary/aromatic N) is 1. The lowest BCUT2D eigenvalue weighted by molar-refractivity contribution is -0.183. The number of benzene rings is 1. The number of likely N-dealkylation sites (tertiary alicyclic amines) is 1. The van der Waals surface area contributed by atoms with Gasteiger partial charge < -0.3 is 14.4 Å². The third-order valence-electron chi connectivity index (χ3n) is 3.95. The van der Waals surface area contributed by atoms with Crippen LogP contribution in [0.15, 0.2) is 18.2 Å². The standard InChI is InChI=1S/C15H18ClNO3/c1-11-3-4-12(16)9-13(11)14(18)17-6-2-5-15(10-17)19-7-8-20-15/h3-4,9H,2,5-8,10H2,1H3. The zero-order valence-corrected chi connectivity index (χ0v) is 12.3. The van der Waals surface area contributed by atoms with Crippen molar-refractivity contribution < 1.29 is 14.3 Å². The molecule has 2 aliphatic rings. The third kappa shape index (κ3) is 2.55. The molecule has 1 spiro atoms. The van der Waals surface area contributed by atoms with Crippen LogP contribution in [-0.4, -0.2) is 42.9 Å². The fourth-order valence-electron chi connectivity index (χ4n) is 2.89. The maximum Gasteiger partial charge on any atom is 0.254 e. The molecule has 1 amide bonds. The highest BCUT2D eigenvalue weighted by molar-refractivity contribution is 6.31. The van der Waals surface area contributed by atoms with E-state index in [9.17, 15) is 4.79 Å². The molecule has 20 heavy (non-hydrogen) atoms. The van der Waals surface area contributed by atoms with Crippen LogP contribution in [-0.2, 0) is 9.47 Å². The number of carbonyl (C=O) groups excluding carboxylic acids is 1. The molecule has 3 rings (SSSR count). The minimum absolute atomic E-state index is 0.00294. The number of aryl methyl sites for hydroxylation is 1. The van der Waals surface area contributed by atoms with Gasteiger partial charge in [-0.3, -0.25) is 4.79 Å². The first-order chi connectivity index (χ1) is 9.60. The summed E-state index contributed by atoms with van der Waals surface area (Å²) in [5.41, 5.74) is 1.60. The molecule has 0 unspecified atom stereocenters. The zero-order chi connectivity index (χ0) is 14.2. The molecule has 0 N–H and O–H groups in total. The van der Waals surface area contributed by atoms with Gasteiger partial charge in [0, 0.05) is 23.6 Å². The van der Waals surface area contributed by atoms with Crippen molar-refractivity contribution in [1.82, 2.24) is 4.90 Å². The first kappa shape index (κ1) is 13.9. The summed E-state index contributed by atoms with van der Waals surface area (Å²) in [4.78, 5) is 14.5. The van der Waals surface area contributed by atoms with Gasteiger partial charge in [0.2, 0.25) is 0 Å². The highest BCUT2D eigenvalue weighted by Crippen LogP contribution is 2.31. The number of rotatable bonds is 1.